The Morgan fingerprint density at radius 2 is 1.39 bits per heavy atom. The molecule has 1 heterocycles. The normalized spacial score (nSPS) is 18.6. The van der Waals surface area contributed by atoms with Crippen molar-refractivity contribution in [1.82, 2.24) is 9.80 Å². The zero-order valence-corrected chi connectivity index (χ0v) is 18.2. The van der Waals surface area contributed by atoms with Gasteiger partial charge in [0.05, 0.1) is 0 Å². The molecular weight excluding hydrogens is 280 g/mol. The molecule has 0 unspecified atom stereocenters. The van der Waals surface area contributed by atoms with Crippen LogP contribution in [0.4, 0.5) is 0 Å². The first-order valence-corrected chi connectivity index (χ1v) is 9.94. The van der Waals surface area contributed by atoms with E-state index >= 15 is 0 Å². The van der Waals surface area contributed by atoms with Crippen LogP contribution in [0, 0.1) is 0 Å². The fourth-order valence-corrected chi connectivity index (χ4v) is 2.42. The summed E-state index contributed by atoms with van der Waals surface area (Å²) in [6.45, 7) is 20.7. The molecule has 2 aliphatic rings. The zero-order chi connectivity index (χ0) is 18.8. The van der Waals surface area contributed by atoms with Crippen molar-refractivity contribution in [2.24, 2.45) is 0 Å². The van der Waals surface area contributed by atoms with Gasteiger partial charge in [0.2, 0.25) is 0 Å². The minimum Gasteiger partial charge on any atom is -0.373 e. The average molecular weight is 327 g/mol. The molecule has 1 atom stereocenters. The standard InChI is InChI=1S/C13H22N2.4C2H6/c1-11-4-6-12(7-5-11)15-9-8-13(10-15)14(2)3;4*1-2/h4,6,13H,5,7-10H2,1-3H3;4*1-2H3/t13-;;;;/m1..../s1. The van der Waals surface area contributed by atoms with Crippen LogP contribution in [-0.4, -0.2) is 43.0 Å². The highest BCUT2D eigenvalue weighted by Crippen LogP contribution is 2.25. The monoisotopic (exact) mass is 326 g/mol. The van der Waals surface area contributed by atoms with Gasteiger partial charge in [-0.05, 0) is 46.4 Å². The molecule has 0 aromatic carbocycles. The number of likely N-dealkylation sites (N-methyl/N-ethyl adjacent to an activating group) is 1. The Hall–Kier alpha value is -0.760. The lowest BCUT2D eigenvalue weighted by Gasteiger charge is -2.25. The summed E-state index contributed by atoms with van der Waals surface area (Å²) in [6, 6.07) is 0.748. The maximum absolute atomic E-state index is 2.56. The average Bonchev–Trinajstić information content (AvgIpc) is 3.13. The van der Waals surface area contributed by atoms with Crippen molar-refractivity contribution in [1.29, 1.82) is 0 Å². The molecule has 1 aliphatic carbocycles. The summed E-state index contributed by atoms with van der Waals surface area (Å²) in [5, 5.41) is 0. The fourth-order valence-electron chi connectivity index (χ4n) is 2.42. The highest BCUT2D eigenvalue weighted by molar-refractivity contribution is 5.22. The summed E-state index contributed by atoms with van der Waals surface area (Å²) in [7, 11) is 4.38. The molecule has 23 heavy (non-hydrogen) atoms. The lowest BCUT2D eigenvalue weighted by atomic mass is 10.0. The number of rotatable bonds is 2. The molecule has 1 aliphatic heterocycles. The SMILES string of the molecule is CC.CC.CC.CC.CC1=CC=C(N2CC[C@@H](N(C)C)C2)CC1. The Kier molecular flexibility index (Phi) is 22.7. The van der Waals surface area contributed by atoms with E-state index < -0.39 is 0 Å². The molecule has 0 aromatic rings. The summed E-state index contributed by atoms with van der Waals surface area (Å²) < 4.78 is 0. The molecular formula is C21H46N2. The lowest BCUT2D eigenvalue weighted by molar-refractivity contribution is 0.288. The van der Waals surface area contributed by atoms with Crippen LogP contribution in [0.3, 0.4) is 0 Å². The molecule has 1 saturated heterocycles. The van der Waals surface area contributed by atoms with Crippen molar-refractivity contribution >= 4 is 0 Å². The third kappa shape index (κ3) is 11.4. The maximum atomic E-state index is 2.56. The van der Waals surface area contributed by atoms with Gasteiger partial charge in [-0.1, -0.05) is 67.0 Å². The second-order valence-electron chi connectivity index (χ2n) is 5.02. The van der Waals surface area contributed by atoms with Gasteiger partial charge in [-0.25, -0.2) is 0 Å². The van der Waals surface area contributed by atoms with Gasteiger partial charge >= 0.3 is 0 Å². The Labute approximate surface area is 148 Å². The highest BCUT2D eigenvalue weighted by atomic mass is 15.2. The van der Waals surface area contributed by atoms with Crippen LogP contribution in [0.2, 0.25) is 0 Å². The molecule has 0 bridgehead atoms. The highest BCUT2D eigenvalue weighted by Gasteiger charge is 2.25. The van der Waals surface area contributed by atoms with Crippen molar-refractivity contribution in [2.45, 2.75) is 87.6 Å². The molecule has 0 N–H and O–H groups in total. The molecule has 0 radical (unpaired) electrons. The third-order valence-electron chi connectivity index (χ3n) is 3.64. The predicted octanol–water partition coefficient (Wildman–Crippen LogP) is 6.35. The first-order chi connectivity index (χ1) is 11.2. The van der Waals surface area contributed by atoms with Crippen molar-refractivity contribution < 1.29 is 0 Å². The van der Waals surface area contributed by atoms with Crippen LogP contribution in [0.5, 0.6) is 0 Å². The topological polar surface area (TPSA) is 6.48 Å². The smallest absolute Gasteiger partial charge is 0.0331 e. The molecule has 0 spiro atoms. The van der Waals surface area contributed by atoms with E-state index in [1.54, 1.807) is 5.70 Å². The van der Waals surface area contributed by atoms with Crippen molar-refractivity contribution in [3.05, 3.63) is 23.4 Å². The molecule has 1 fully saturated rings. The Balaban J connectivity index is -0.000000438. The van der Waals surface area contributed by atoms with E-state index in [0.717, 1.165) is 6.04 Å². The molecule has 2 nitrogen and oxygen atoms in total. The van der Waals surface area contributed by atoms with Crippen molar-refractivity contribution in [3.8, 4) is 0 Å². The quantitative estimate of drug-likeness (QED) is 0.583. The molecule has 140 valence electrons. The van der Waals surface area contributed by atoms with Gasteiger partial charge in [0, 0.05) is 24.8 Å². The minimum absolute atomic E-state index is 0.748. The van der Waals surface area contributed by atoms with Crippen LogP contribution in [0.1, 0.15) is 81.6 Å². The summed E-state index contributed by atoms with van der Waals surface area (Å²) >= 11 is 0. The van der Waals surface area contributed by atoms with Crippen molar-refractivity contribution in [3.63, 3.8) is 0 Å². The first-order valence-electron chi connectivity index (χ1n) is 9.94. The van der Waals surface area contributed by atoms with Crippen LogP contribution in [0.15, 0.2) is 23.4 Å². The fraction of sp³-hybridized carbons (Fsp3) is 0.810. The lowest BCUT2D eigenvalue weighted by Crippen LogP contribution is -2.31. The van der Waals surface area contributed by atoms with E-state index in [1.165, 1.54) is 37.9 Å². The van der Waals surface area contributed by atoms with Gasteiger partial charge in [-0.2, -0.15) is 0 Å². The number of hydrogen-bond donors (Lipinski definition) is 0. The van der Waals surface area contributed by atoms with E-state index in [4.69, 9.17) is 0 Å². The maximum Gasteiger partial charge on any atom is 0.0331 e. The second-order valence-corrected chi connectivity index (χ2v) is 5.02. The summed E-state index contributed by atoms with van der Waals surface area (Å²) in [6.07, 6.45) is 8.39. The van der Waals surface area contributed by atoms with Crippen LogP contribution < -0.4 is 0 Å². The van der Waals surface area contributed by atoms with Crippen LogP contribution in [0.25, 0.3) is 0 Å². The van der Waals surface area contributed by atoms with Gasteiger partial charge < -0.3 is 9.80 Å². The summed E-state index contributed by atoms with van der Waals surface area (Å²) in [5.41, 5.74) is 3.06. The van der Waals surface area contributed by atoms with Gasteiger partial charge in [0.1, 0.15) is 0 Å². The third-order valence-corrected chi connectivity index (χ3v) is 3.64. The zero-order valence-electron chi connectivity index (χ0n) is 18.2. The molecule has 2 heteroatoms. The minimum atomic E-state index is 0.748. The van der Waals surface area contributed by atoms with E-state index in [-0.39, 0.29) is 0 Å². The van der Waals surface area contributed by atoms with Gasteiger partial charge in [0.15, 0.2) is 0 Å². The van der Waals surface area contributed by atoms with Crippen molar-refractivity contribution in [2.75, 3.05) is 27.2 Å². The van der Waals surface area contributed by atoms with E-state index in [0.29, 0.717) is 0 Å². The van der Waals surface area contributed by atoms with Gasteiger partial charge in [0.25, 0.3) is 0 Å². The first kappa shape index (κ1) is 27.1. The van der Waals surface area contributed by atoms with E-state index in [1.807, 2.05) is 55.4 Å². The predicted molar refractivity (Wildman–Crippen MR) is 110 cm³/mol. The molecule has 0 amide bonds. The van der Waals surface area contributed by atoms with Gasteiger partial charge in [-0.3, -0.25) is 0 Å². The molecule has 0 aromatic heterocycles. The van der Waals surface area contributed by atoms with Crippen LogP contribution >= 0.6 is 0 Å². The van der Waals surface area contributed by atoms with E-state index in [2.05, 4.69) is 43.0 Å². The Bertz CT molecular complexity index is 290. The number of nitrogens with zero attached hydrogens (tertiary/aromatic N) is 2. The van der Waals surface area contributed by atoms with E-state index in [9.17, 15) is 0 Å². The Morgan fingerprint density at radius 3 is 1.74 bits per heavy atom. The number of allylic oxidation sites excluding steroid dienone is 4. The molecule has 0 saturated carbocycles. The summed E-state index contributed by atoms with van der Waals surface area (Å²) in [5.74, 6) is 0. The molecule has 2 rings (SSSR count). The van der Waals surface area contributed by atoms with Crippen LogP contribution in [-0.2, 0) is 0 Å². The second kappa shape index (κ2) is 19.3. The summed E-state index contributed by atoms with van der Waals surface area (Å²) in [4.78, 5) is 4.91. The number of likely N-dealkylation sites (tertiary alicyclic amines) is 1. The Morgan fingerprint density at radius 1 is 0.870 bits per heavy atom. The largest absolute Gasteiger partial charge is 0.373 e. The number of hydrogen-bond acceptors (Lipinski definition) is 2. The van der Waals surface area contributed by atoms with Gasteiger partial charge in [-0.15, -0.1) is 0 Å².